The third-order valence-electron chi connectivity index (χ3n) is 3.42. The van der Waals surface area contributed by atoms with Crippen molar-refractivity contribution in [3.8, 4) is 0 Å². The first kappa shape index (κ1) is 14.1. The summed E-state index contributed by atoms with van der Waals surface area (Å²) in [5.74, 6) is 0.648. The van der Waals surface area contributed by atoms with Crippen LogP contribution in [0.5, 0.6) is 0 Å². The molecule has 1 N–H and O–H groups in total. The Morgan fingerprint density at radius 1 is 1.22 bits per heavy atom. The summed E-state index contributed by atoms with van der Waals surface area (Å²) >= 11 is 7.45. The normalized spacial score (nSPS) is 12.2. The number of anilines is 1. The molecule has 8 heteroatoms. The van der Waals surface area contributed by atoms with Gasteiger partial charge >= 0.3 is 0 Å². The van der Waals surface area contributed by atoms with Crippen molar-refractivity contribution in [1.82, 2.24) is 19.8 Å². The predicted molar refractivity (Wildman–Crippen MR) is 93.5 cm³/mol. The largest absolute Gasteiger partial charge is 0.259 e. The zero-order chi connectivity index (χ0) is 15.8. The number of hydrazone groups is 1. The van der Waals surface area contributed by atoms with Gasteiger partial charge in [-0.15, -0.1) is 26.6 Å². The maximum atomic E-state index is 5.97. The van der Waals surface area contributed by atoms with Gasteiger partial charge in [-0.25, -0.2) is 0 Å². The van der Waals surface area contributed by atoms with Gasteiger partial charge < -0.3 is 0 Å². The van der Waals surface area contributed by atoms with Crippen LogP contribution in [-0.4, -0.2) is 25.5 Å². The number of fused-ring (bicyclic) bond motifs is 3. The van der Waals surface area contributed by atoms with Gasteiger partial charge in [0.05, 0.1) is 14.9 Å². The number of thiophene rings is 1. The molecule has 0 aliphatic rings. The summed E-state index contributed by atoms with van der Waals surface area (Å²) < 4.78 is 2.38. The fraction of sp³-hybridized carbons (Fsp3) is 0.0667. The van der Waals surface area contributed by atoms with E-state index in [4.69, 9.17) is 11.6 Å². The molecule has 4 rings (SSSR count). The molecular weight excluding hydrogens is 332 g/mol. The highest BCUT2D eigenvalue weighted by molar-refractivity contribution is 7.18. The topological polar surface area (TPSA) is 67.5 Å². The van der Waals surface area contributed by atoms with E-state index >= 15 is 0 Å². The van der Waals surface area contributed by atoms with Crippen LogP contribution in [0.3, 0.4) is 0 Å². The van der Waals surface area contributed by atoms with Crippen molar-refractivity contribution in [1.29, 1.82) is 0 Å². The highest BCUT2D eigenvalue weighted by Gasteiger charge is 2.09. The van der Waals surface area contributed by atoms with Crippen LogP contribution in [-0.2, 0) is 0 Å². The monoisotopic (exact) mass is 342 g/mol. The molecule has 0 aliphatic heterocycles. The number of aromatic nitrogens is 4. The third kappa shape index (κ3) is 2.54. The standard InChI is InChI=1S/C15H11ClN6S/c1-9(12-6-7-13(16)23-12)18-19-14-10-4-2-3-5-11(10)15-20-17-8-22(15)21-14/h2-8H,1H3,(H,19,21)/b18-9+. The van der Waals surface area contributed by atoms with Crippen LogP contribution < -0.4 is 5.43 Å². The van der Waals surface area contributed by atoms with Crippen molar-refractivity contribution in [2.24, 2.45) is 5.10 Å². The summed E-state index contributed by atoms with van der Waals surface area (Å²) in [4.78, 5) is 1.01. The van der Waals surface area contributed by atoms with Crippen LogP contribution in [0.2, 0.25) is 4.34 Å². The number of halogens is 1. The molecule has 0 spiro atoms. The third-order valence-corrected chi connectivity index (χ3v) is 4.76. The molecule has 114 valence electrons. The first-order valence-corrected chi connectivity index (χ1v) is 8.06. The molecule has 0 amide bonds. The van der Waals surface area contributed by atoms with E-state index in [0.29, 0.717) is 5.82 Å². The number of rotatable bonds is 3. The molecule has 0 fully saturated rings. The molecular formula is C15H11ClN6S. The van der Waals surface area contributed by atoms with Crippen molar-refractivity contribution in [2.75, 3.05) is 5.43 Å². The zero-order valence-corrected chi connectivity index (χ0v) is 13.6. The number of hydrogen-bond acceptors (Lipinski definition) is 6. The highest BCUT2D eigenvalue weighted by atomic mass is 35.5. The minimum absolute atomic E-state index is 0.648. The van der Waals surface area contributed by atoms with Gasteiger partial charge in [-0.05, 0) is 19.1 Å². The first-order valence-electron chi connectivity index (χ1n) is 6.87. The molecule has 6 nitrogen and oxygen atoms in total. The fourth-order valence-corrected chi connectivity index (χ4v) is 3.30. The van der Waals surface area contributed by atoms with Crippen molar-refractivity contribution in [2.45, 2.75) is 6.92 Å². The van der Waals surface area contributed by atoms with Crippen molar-refractivity contribution in [3.63, 3.8) is 0 Å². The van der Waals surface area contributed by atoms with Crippen molar-refractivity contribution >= 4 is 50.9 Å². The van der Waals surface area contributed by atoms with Crippen LogP contribution in [0.15, 0.2) is 47.8 Å². The lowest BCUT2D eigenvalue weighted by molar-refractivity contribution is 0.934. The number of nitrogens with one attached hydrogen (secondary N) is 1. The van der Waals surface area contributed by atoms with E-state index in [1.54, 1.807) is 10.8 Å². The number of nitrogens with zero attached hydrogens (tertiary/aromatic N) is 5. The molecule has 0 saturated carbocycles. The van der Waals surface area contributed by atoms with Gasteiger partial charge in [-0.1, -0.05) is 35.9 Å². The van der Waals surface area contributed by atoms with E-state index in [9.17, 15) is 0 Å². The second-order valence-corrected chi connectivity index (χ2v) is 6.62. The number of hydrogen-bond donors (Lipinski definition) is 1. The lowest BCUT2D eigenvalue weighted by atomic mass is 10.2. The van der Waals surface area contributed by atoms with Gasteiger partial charge in [-0.3, -0.25) is 5.43 Å². The van der Waals surface area contributed by atoms with Crippen LogP contribution in [0.1, 0.15) is 11.8 Å². The average Bonchev–Trinajstić information content (AvgIpc) is 3.21. The molecule has 23 heavy (non-hydrogen) atoms. The van der Waals surface area contributed by atoms with E-state index in [2.05, 4.69) is 25.8 Å². The average molecular weight is 343 g/mol. The Bertz CT molecular complexity index is 1030. The Morgan fingerprint density at radius 3 is 2.83 bits per heavy atom. The summed E-state index contributed by atoms with van der Waals surface area (Å²) in [6.45, 7) is 1.93. The molecule has 0 bridgehead atoms. The molecule has 3 aromatic heterocycles. The van der Waals surface area contributed by atoms with Crippen LogP contribution in [0.4, 0.5) is 5.82 Å². The molecule has 4 aromatic rings. The molecule has 0 unspecified atom stereocenters. The first-order chi connectivity index (χ1) is 11.2. The van der Waals surface area contributed by atoms with Gasteiger partial charge in [0.1, 0.15) is 6.33 Å². The minimum Gasteiger partial charge on any atom is -0.259 e. The highest BCUT2D eigenvalue weighted by Crippen LogP contribution is 2.25. The zero-order valence-electron chi connectivity index (χ0n) is 12.1. The summed E-state index contributed by atoms with van der Waals surface area (Å²) in [5.41, 5.74) is 4.60. The summed E-state index contributed by atoms with van der Waals surface area (Å²) in [6, 6.07) is 11.7. The van der Waals surface area contributed by atoms with Crippen molar-refractivity contribution < 1.29 is 0 Å². The maximum absolute atomic E-state index is 5.97. The van der Waals surface area contributed by atoms with Gasteiger partial charge in [-0.2, -0.15) is 9.62 Å². The lowest BCUT2D eigenvalue weighted by Crippen LogP contribution is -2.03. The van der Waals surface area contributed by atoms with Gasteiger partial charge in [0.25, 0.3) is 0 Å². The Labute approximate surface area is 140 Å². The molecule has 0 saturated heterocycles. The quantitative estimate of drug-likeness (QED) is 0.454. The Morgan fingerprint density at radius 2 is 2.04 bits per heavy atom. The van der Waals surface area contributed by atoms with E-state index in [1.165, 1.54) is 11.3 Å². The second-order valence-electron chi connectivity index (χ2n) is 4.91. The fourth-order valence-electron chi connectivity index (χ4n) is 2.31. The van der Waals surface area contributed by atoms with Gasteiger partial charge in [0.15, 0.2) is 11.5 Å². The Balaban J connectivity index is 1.78. The summed E-state index contributed by atoms with van der Waals surface area (Å²) in [5, 5.41) is 18.8. The van der Waals surface area contributed by atoms with Crippen LogP contribution in [0, 0.1) is 0 Å². The van der Waals surface area contributed by atoms with Gasteiger partial charge in [0, 0.05) is 10.8 Å². The molecule has 0 atom stereocenters. The molecule has 0 aliphatic carbocycles. The maximum Gasteiger partial charge on any atom is 0.185 e. The number of benzene rings is 1. The predicted octanol–water partition coefficient (Wildman–Crippen LogP) is 3.83. The minimum atomic E-state index is 0.648. The van der Waals surface area contributed by atoms with E-state index in [1.807, 2.05) is 43.3 Å². The smallest absolute Gasteiger partial charge is 0.185 e. The summed E-state index contributed by atoms with van der Waals surface area (Å²) in [7, 11) is 0. The van der Waals surface area contributed by atoms with E-state index in [0.717, 1.165) is 31.3 Å². The lowest BCUT2D eigenvalue weighted by Gasteiger charge is -2.06. The Kier molecular flexibility index (Phi) is 3.44. The van der Waals surface area contributed by atoms with Crippen molar-refractivity contribution in [3.05, 3.63) is 51.9 Å². The van der Waals surface area contributed by atoms with Gasteiger partial charge in [0.2, 0.25) is 0 Å². The van der Waals surface area contributed by atoms with E-state index in [-0.39, 0.29) is 0 Å². The molecule has 0 radical (unpaired) electrons. The second kappa shape index (κ2) is 5.60. The SMILES string of the molecule is C/C(=N\Nc1nn2cnnc2c2ccccc12)c1ccc(Cl)s1. The molecule has 1 aromatic carbocycles. The summed E-state index contributed by atoms with van der Waals surface area (Å²) in [6.07, 6.45) is 1.57. The van der Waals surface area contributed by atoms with Crippen LogP contribution >= 0.6 is 22.9 Å². The Hall–Kier alpha value is -2.51. The van der Waals surface area contributed by atoms with Crippen LogP contribution in [0.25, 0.3) is 16.4 Å². The molecule has 3 heterocycles. The van der Waals surface area contributed by atoms with E-state index < -0.39 is 0 Å².